The standard InChI is InChI=1S/C44H69N7O23/c1-23(2)26(44(69)50-28(20-37(62)63)29(52)16-24(3)42(67)46-7-9-71-11-13-73-15-14-72-12-10-70-8-6-35(58)59)19-30(53)27(4-5-34(56)57)49-43(68)25(18-36(60)61)17-31(54)41-40(66)39(65)38(64)32(74-41)21-47-33(55)22-48-51-45/h23-28,32,38-41,64-66H,4-22H2,1-3H3,(H,46,67)(H,47,55)(H,49,68)(H,50,69)(H,56,57)(H,58,59)(H,60,61)(H,62,63)/t24-,25+,26+,27+,28+,32?,38?,39?,40?,41?/m1/s1. The number of carboxylic acids is 4. The molecule has 74 heavy (non-hydrogen) atoms. The van der Waals surface area contributed by atoms with E-state index in [1.165, 1.54) is 20.8 Å². The van der Waals surface area contributed by atoms with E-state index in [0.717, 1.165) is 0 Å². The fourth-order valence-electron chi connectivity index (χ4n) is 7.02. The van der Waals surface area contributed by atoms with Gasteiger partial charge in [-0.25, -0.2) is 0 Å². The van der Waals surface area contributed by atoms with E-state index >= 15 is 0 Å². The summed E-state index contributed by atoms with van der Waals surface area (Å²) in [6.45, 7) is 4.76. The quantitative estimate of drug-likeness (QED) is 0.0127. The van der Waals surface area contributed by atoms with Crippen LogP contribution in [-0.2, 0) is 76.4 Å². The lowest BCUT2D eigenvalue weighted by Crippen LogP contribution is -2.62. The molecule has 0 saturated carbocycles. The van der Waals surface area contributed by atoms with Crippen LogP contribution < -0.4 is 21.3 Å². The maximum absolute atomic E-state index is 13.8. The van der Waals surface area contributed by atoms with Crippen molar-refractivity contribution < 1.29 is 112 Å². The molecule has 5 unspecified atom stereocenters. The molecule has 0 aromatic heterocycles. The van der Waals surface area contributed by atoms with E-state index in [1.54, 1.807) is 0 Å². The maximum atomic E-state index is 13.8. The van der Waals surface area contributed by atoms with E-state index in [9.17, 15) is 83.4 Å². The molecule has 30 heteroatoms. The molecule has 11 N–H and O–H groups in total. The van der Waals surface area contributed by atoms with Crippen LogP contribution in [0.1, 0.15) is 72.1 Å². The number of rotatable bonds is 41. The van der Waals surface area contributed by atoms with Gasteiger partial charge in [0.2, 0.25) is 23.6 Å². The number of aliphatic hydroxyl groups is 3. The van der Waals surface area contributed by atoms with Crippen LogP contribution in [-0.4, -0.2) is 216 Å². The monoisotopic (exact) mass is 1060 g/mol. The van der Waals surface area contributed by atoms with Crippen LogP contribution in [0.3, 0.4) is 0 Å². The summed E-state index contributed by atoms with van der Waals surface area (Å²) in [6, 6.07) is -3.40. The molecule has 0 spiro atoms. The molecule has 1 fully saturated rings. The molecule has 418 valence electrons. The van der Waals surface area contributed by atoms with Gasteiger partial charge in [-0.05, 0) is 17.9 Å². The Balaban J connectivity index is 2.95. The first kappa shape index (κ1) is 65.8. The summed E-state index contributed by atoms with van der Waals surface area (Å²) in [6.07, 6.45) is -15.3. The van der Waals surface area contributed by atoms with Crippen molar-refractivity contribution in [1.29, 1.82) is 0 Å². The predicted molar refractivity (Wildman–Crippen MR) is 247 cm³/mol. The highest BCUT2D eigenvalue weighted by atomic mass is 16.6. The number of amides is 4. The minimum absolute atomic E-state index is 0.0392. The van der Waals surface area contributed by atoms with Crippen LogP contribution in [0.15, 0.2) is 5.11 Å². The number of aliphatic hydroxyl groups excluding tert-OH is 3. The van der Waals surface area contributed by atoms with Gasteiger partial charge < -0.3 is 80.7 Å². The Hall–Kier alpha value is -6.24. The molecule has 0 aromatic rings. The highest BCUT2D eigenvalue weighted by molar-refractivity contribution is 5.98. The SMILES string of the molecule is CC(C)[C@H](CC(=O)[C@H](CCC(=O)O)NC(=O)[C@H](CC(=O)O)CC(=O)C1OC(CNC(=O)CN=[N+]=[N-])C(O)C(O)C1O)C(=O)N[C@@H](CC(=O)O)C(=O)C[C@@H](C)C(=O)NCCOCCOCCOCCOCCC(=O)O. The van der Waals surface area contributed by atoms with Crippen molar-refractivity contribution in [1.82, 2.24) is 21.3 Å². The summed E-state index contributed by atoms with van der Waals surface area (Å²) in [5, 5.41) is 81.1. The molecule has 4 amide bonds. The smallest absolute Gasteiger partial charge is 0.305 e. The van der Waals surface area contributed by atoms with Crippen molar-refractivity contribution >= 4 is 64.9 Å². The Morgan fingerprint density at radius 1 is 0.595 bits per heavy atom. The zero-order chi connectivity index (χ0) is 55.9. The van der Waals surface area contributed by atoms with Gasteiger partial charge in [0, 0.05) is 55.5 Å². The molecule has 0 aromatic carbocycles. The first-order valence-electron chi connectivity index (χ1n) is 23.5. The van der Waals surface area contributed by atoms with Crippen LogP contribution in [0, 0.1) is 23.7 Å². The first-order chi connectivity index (χ1) is 34.9. The zero-order valence-corrected chi connectivity index (χ0v) is 41.3. The summed E-state index contributed by atoms with van der Waals surface area (Å²) in [5.41, 5.74) is 8.41. The minimum atomic E-state index is -2.12. The molecule has 1 heterocycles. The van der Waals surface area contributed by atoms with Crippen LogP contribution in [0.4, 0.5) is 0 Å². The van der Waals surface area contributed by atoms with E-state index < -0.39 is 189 Å². The summed E-state index contributed by atoms with van der Waals surface area (Å²) in [5.74, 6) is -17.0. The van der Waals surface area contributed by atoms with Crippen LogP contribution >= 0.6 is 0 Å². The number of aliphatic carboxylic acids is 4. The fraction of sp³-hybridized carbons (Fsp3) is 0.750. The minimum Gasteiger partial charge on any atom is -0.481 e. The van der Waals surface area contributed by atoms with Crippen molar-refractivity contribution in [2.24, 2.45) is 28.8 Å². The summed E-state index contributed by atoms with van der Waals surface area (Å²) >= 11 is 0. The number of carboxylic acid groups (broad SMARTS) is 4. The summed E-state index contributed by atoms with van der Waals surface area (Å²) in [4.78, 5) is 141. The number of nitrogens with one attached hydrogen (secondary N) is 4. The second-order valence-corrected chi connectivity index (χ2v) is 17.4. The van der Waals surface area contributed by atoms with Gasteiger partial charge in [0.05, 0.1) is 90.1 Å². The van der Waals surface area contributed by atoms with Gasteiger partial charge >= 0.3 is 23.9 Å². The summed E-state index contributed by atoms with van der Waals surface area (Å²) in [7, 11) is 0. The van der Waals surface area contributed by atoms with Gasteiger partial charge in [0.15, 0.2) is 17.3 Å². The van der Waals surface area contributed by atoms with Crippen molar-refractivity contribution in [3.63, 3.8) is 0 Å². The number of Topliss-reactive ketones (excluding diaryl/α,β-unsaturated/α-hetero) is 3. The molecular weight excluding hydrogens is 995 g/mol. The third-order valence-electron chi connectivity index (χ3n) is 11.1. The topological polar surface area (TPSA) is 472 Å². The Kier molecular flexibility index (Phi) is 31.8. The number of ether oxygens (including phenoxy) is 5. The lowest BCUT2D eigenvalue weighted by atomic mass is 9.86. The third-order valence-corrected chi connectivity index (χ3v) is 11.1. The van der Waals surface area contributed by atoms with Gasteiger partial charge in [-0.1, -0.05) is 25.9 Å². The van der Waals surface area contributed by atoms with Gasteiger partial charge in [-0.15, -0.1) is 0 Å². The van der Waals surface area contributed by atoms with Crippen molar-refractivity contribution in [3.05, 3.63) is 10.4 Å². The van der Waals surface area contributed by atoms with Crippen molar-refractivity contribution in [2.45, 2.75) is 115 Å². The number of hydrogen-bond donors (Lipinski definition) is 11. The van der Waals surface area contributed by atoms with Crippen molar-refractivity contribution in [2.75, 3.05) is 72.5 Å². The maximum Gasteiger partial charge on any atom is 0.305 e. The van der Waals surface area contributed by atoms with E-state index in [1.807, 2.05) is 0 Å². The molecule has 10 atom stereocenters. The predicted octanol–water partition coefficient (Wildman–Crippen LogP) is -2.89. The number of nitrogens with zero attached hydrogens (tertiary/aromatic N) is 3. The first-order valence-corrected chi connectivity index (χ1v) is 23.5. The van der Waals surface area contributed by atoms with Gasteiger partial charge in [-0.2, -0.15) is 0 Å². The molecule has 0 radical (unpaired) electrons. The Labute approximate surface area is 424 Å². The van der Waals surface area contributed by atoms with E-state index in [4.69, 9.17) is 34.3 Å². The Morgan fingerprint density at radius 2 is 1.14 bits per heavy atom. The number of ketones is 3. The van der Waals surface area contributed by atoms with Gasteiger partial charge in [-0.3, -0.25) is 52.7 Å². The third kappa shape index (κ3) is 26.6. The van der Waals surface area contributed by atoms with E-state index in [2.05, 4.69) is 31.3 Å². The average molecular weight is 1060 g/mol. The van der Waals surface area contributed by atoms with Crippen LogP contribution in [0.25, 0.3) is 10.4 Å². The van der Waals surface area contributed by atoms with Crippen LogP contribution in [0.2, 0.25) is 0 Å². The second-order valence-electron chi connectivity index (χ2n) is 17.4. The van der Waals surface area contributed by atoms with E-state index in [-0.39, 0.29) is 65.8 Å². The molecule has 1 aliphatic heterocycles. The Morgan fingerprint density at radius 3 is 1.68 bits per heavy atom. The molecule has 0 bridgehead atoms. The lowest BCUT2D eigenvalue weighted by Gasteiger charge is -2.40. The molecule has 1 saturated heterocycles. The van der Waals surface area contributed by atoms with Gasteiger partial charge in [0.25, 0.3) is 0 Å². The lowest BCUT2D eigenvalue weighted by molar-refractivity contribution is -0.218. The van der Waals surface area contributed by atoms with Crippen LogP contribution in [0.5, 0.6) is 0 Å². The molecule has 0 aliphatic carbocycles. The Bertz CT molecular complexity index is 1950. The number of carbonyl (C=O) groups is 11. The normalized spacial score (nSPS) is 19.3. The average Bonchev–Trinajstić information content (AvgIpc) is 3.32. The van der Waals surface area contributed by atoms with Crippen molar-refractivity contribution in [3.8, 4) is 0 Å². The second kappa shape index (κ2) is 35.8. The number of hydrogen-bond acceptors (Lipinski definition) is 20. The molecular formula is C44H69N7O23. The zero-order valence-electron chi connectivity index (χ0n) is 41.3. The molecule has 30 nitrogen and oxygen atoms in total. The fourth-order valence-corrected chi connectivity index (χ4v) is 7.02. The molecule has 1 rings (SSSR count). The summed E-state index contributed by atoms with van der Waals surface area (Å²) < 4.78 is 26.6. The largest absolute Gasteiger partial charge is 0.481 e. The van der Waals surface area contributed by atoms with Gasteiger partial charge in [0.1, 0.15) is 37.1 Å². The van der Waals surface area contributed by atoms with E-state index in [0.29, 0.717) is 0 Å². The highest BCUT2D eigenvalue weighted by Gasteiger charge is 2.47. The number of carbonyl (C=O) groups excluding carboxylic acids is 7. The molecule has 1 aliphatic rings. The number of azide groups is 1. The highest BCUT2D eigenvalue weighted by Crippen LogP contribution is 2.25.